The average molecular weight is 407 g/mol. The van der Waals surface area contributed by atoms with Crippen LogP contribution in [0.3, 0.4) is 0 Å². The van der Waals surface area contributed by atoms with Crippen molar-refractivity contribution in [1.29, 1.82) is 0 Å². The largest absolute Gasteiger partial charge is 0.345 e. The van der Waals surface area contributed by atoms with Crippen LogP contribution in [0.1, 0.15) is 38.8 Å². The van der Waals surface area contributed by atoms with E-state index in [0.717, 1.165) is 11.1 Å². The zero-order valence-corrected chi connectivity index (χ0v) is 17.8. The number of morpholine rings is 1. The molecule has 1 atom stereocenters. The highest BCUT2D eigenvalue weighted by atomic mass is 35.5. The second kappa shape index (κ2) is 7.21. The van der Waals surface area contributed by atoms with Crippen molar-refractivity contribution in [2.45, 2.75) is 38.8 Å². The third-order valence-electron chi connectivity index (χ3n) is 5.86. The maximum Gasteiger partial charge on any atom is 0.340 e. The topological polar surface area (TPSA) is 26.3 Å². The minimum atomic E-state index is -0.744. The molecule has 0 aromatic heterocycles. The number of carbonyl (C=O) groups excluding carboxylic acids is 1. The van der Waals surface area contributed by atoms with E-state index >= 15 is 0 Å². The van der Waals surface area contributed by atoms with Gasteiger partial charge in [0.2, 0.25) is 0 Å². The summed E-state index contributed by atoms with van der Waals surface area (Å²) in [4.78, 5) is 13.1. The monoisotopic (exact) mass is 406 g/mol. The molecular formula is C22H26Cl2NO2+. The highest BCUT2D eigenvalue weighted by molar-refractivity contribution is 6.30. The number of ether oxygens (including phenoxy) is 1. The molecule has 144 valence electrons. The summed E-state index contributed by atoms with van der Waals surface area (Å²) in [6, 6.07) is 15.4. The molecule has 1 saturated heterocycles. The Bertz CT molecular complexity index is 779. The molecule has 1 aliphatic rings. The molecule has 27 heavy (non-hydrogen) atoms. The van der Waals surface area contributed by atoms with Crippen molar-refractivity contribution in [3.05, 3.63) is 69.7 Å². The molecule has 3 nitrogen and oxygen atoms in total. The van der Waals surface area contributed by atoms with Crippen LogP contribution in [-0.4, -0.2) is 35.6 Å². The summed E-state index contributed by atoms with van der Waals surface area (Å²) in [5, 5.41) is 1.34. The molecule has 5 heteroatoms. The van der Waals surface area contributed by atoms with E-state index in [4.69, 9.17) is 27.9 Å². The van der Waals surface area contributed by atoms with Crippen LogP contribution in [0.15, 0.2) is 48.5 Å². The van der Waals surface area contributed by atoms with Crippen molar-refractivity contribution in [3.8, 4) is 0 Å². The van der Waals surface area contributed by atoms with E-state index in [-0.39, 0.29) is 18.1 Å². The Labute approximate surface area is 171 Å². The summed E-state index contributed by atoms with van der Waals surface area (Å²) in [6.45, 7) is 9.72. The SMILES string of the molecule is CC[N+]1(C(C)(C)C)CC(c2ccc(Cl)cc2)(c2ccc(Cl)cc2)OCC1=O. The minimum Gasteiger partial charge on any atom is -0.345 e. The molecule has 1 aliphatic heterocycles. The Hall–Kier alpha value is -1.39. The number of benzene rings is 2. The fourth-order valence-electron chi connectivity index (χ4n) is 4.15. The van der Waals surface area contributed by atoms with Crippen molar-refractivity contribution in [1.82, 2.24) is 0 Å². The Morgan fingerprint density at radius 2 is 1.41 bits per heavy atom. The van der Waals surface area contributed by atoms with Crippen molar-refractivity contribution >= 4 is 29.1 Å². The molecule has 0 aliphatic carbocycles. The number of carbonyl (C=O) groups is 1. The summed E-state index contributed by atoms with van der Waals surface area (Å²) in [5.41, 5.74) is 0.982. The lowest BCUT2D eigenvalue weighted by atomic mass is 9.81. The van der Waals surface area contributed by atoms with Gasteiger partial charge in [-0.25, -0.2) is 4.79 Å². The highest BCUT2D eigenvalue weighted by Gasteiger charge is 2.57. The molecule has 0 bridgehead atoms. The van der Waals surface area contributed by atoms with Crippen LogP contribution in [-0.2, 0) is 15.1 Å². The first-order valence-electron chi connectivity index (χ1n) is 9.21. The fraction of sp³-hybridized carbons (Fsp3) is 0.409. The molecule has 1 unspecified atom stereocenters. The average Bonchev–Trinajstić information content (AvgIpc) is 2.63. The lowest BCUT2D eigenvalue weighted by Crippen LogP contribution is -2.72. The number of quaternary nitrogens is 1. The van der Waals surface area contributed by atoms with E-state index in [0.29, 0.717) is 27.6 Å². The van der Waals surface area contributed by atoms with Gasteiger partial charge >= 0.3 is 5.91 Å². The maximum absolute atomic E-state index is 13.1. The van der Waals surface area contributed by atoms with Crippen LogP contribution >= 0.6 is 23.2 Å². The van der Waals surface area contributed by atoms with Gasteiger partial charge in [0.15, 0.2) is 12.2 Å². The molecule has 0 spiro atoms. The van der Waals surface area contributed by atoms with Crippen molar-refractivity contribution in [2.75, 3.05) is 19.7 Å². The lowest BCUT2D eigenvalue weighted by Gasteiger charge is -2.53. The normalized spacial score (nSPS) is 22.7. The van der Waals surface area contributed by atoms with Gasteiger partial charge in [-0.05, 0) is 63.1 Å². The predicted molar refractivity (Wildman–Crippen MR) is 110 cm³/mol. The molecule has 1 amide bonds. The van der Waals surface area contributed by atoms with Gasteiger partial charge in [0.05, 0.1) is 12.1 Å². The number of halogens is 2. The summed E-state index contributed by atoms with van der Waals surface area (Å²) in [6.07, 6.45) is 0. The third kappa shape index (κ3) is 3.42. The van der Waals surface area contributed by atoms with Crippen LogP contribution in [0.5, 0.6) is 0 Å². The van der Waals surface area contributed by atoms with E-state index in [1.54, 1.807) is 0 Å². The van der Waals surface area contributed by atoms with Gasteiger partial charge in [-0.1, -0.05) is 47.5 Å². The van der Waals surface area contributed by atoms with Crippen LogP contribution in [0.2, 0.25) is 10.0 Å². The quantitative estimate of drug-likeness (QED) is 0.635. The zero-order chi connectivity index (χ0) is 19.9. The van der Waals surface area contributed by atoms with Crippen molar-refractivity contribution in [3.63, 3.8) is 0 Å². The molecule has 2 aromatic rings. The molecule has 1 heterocycles. The number of hydrogen-bond donors (Lipinski definition) is 0. The van der Waals surface area contributed by atoms with E-state index in [9.17, 15) is 4.79 Å². The number of likely N-dealkylation sites (N-methyl/N-ethyl adjacent to an activating group) is 1. The Kier molecular flexibility index (Phi) is 5.44. The molecular weight excluding hydrogens is 381 g/mol. The second-order valence-corrected chi connectivity index (χ2v) is 9.01. The van der Waals surface area contributed by atoms with E-state index < -0.39 is 5.60 Å². The summed E-state index contributed by atoms with van der Waals surface area (Å²) in [5.74, 6) is 0.114. The zero-order valence-electron chi connectivity index (χ0n) is 16.3. The smallest absolute Gasteiger partial charge is 0.340 e. The van der Waals surface area contributed by atoms with Gasteiger partial charge < -0.3 is 4.74 Å². The lowest BCUT2D eigenvalue weighted by molar-refractivity contribution is -0.911. The van der Waals surface area contributed by atoms with Gasteiger partial charge in [0.1, 0.15) is 6.54 Å². The predicted octanol–water partition coefficient (Wildman–Crippen LogP) is 5.43. The Morgan fingerprint density at radius 1 is 0.963 bits per heavy atom. The van der Waals surface area contributed by atoms with Crippen LogP contribution in [0.25, 0.3) is 0 Å². The number of rotatable bonds is 3. The molecule has 2 aromatic carbocycles. The number of amides is 1. The molecule has 0 saturated carbocycles. The minimum absolute atomic E-state index is 0.0658. The first-order chi connectivity index (χ1) is 12.6. The fourth-order valence-corrected chi connectivity index (χ4v) is 4.40. The van der Waals surface area contributed by atoms with E-state index in [1.807, 2.05) is 48.5 Å². The van der Waals surface area contributed by atoms with Gasteiger partial charge in [0.25, 0.3) is 0 Å². The molecule has 0 radical (unpaired) electrons. The summed E-state index contributed by atoms with van der Waals surface area (Å²) >= 11 is 12.3. The first kappa shape index (κ1) is 20.3. The van der Waals surface area contributed by atoms with Crippen molar-refractivity contribution in [2.24, 2.45) is 0 Å². The van der Waals surface area contributed by atoms with Crippen LogP contribution < -0.4 is 0 Å². The summed E-state index contributed by atoms with van der Waals surface area (Å²) < 4.78 is 6.68. The third-order valence-corrected chi connectivity index (χ3v) is 6.36. The maximum atomic E-state index is 13.1. The van der Waals surface area contributed by atoms with E-state index in [1.165, 1.54) is 0 Å². The summed E-state index contributed by atoms with van der Waals surface area (Å²) in [7, 11) is 0. The second-order valence-electron chi connectivity index (χ2n) is 8.14. The van der Waals surface area contributed by atoms with Crippen LogP contribution in [0, 0.1) is 0 Å². The Morgan fingerprint density at radius 3 is 1.78 bits per heavy atom. The molecule has 1 fully saturated rings. The first-order valence-corrected chi connectivity index (χ1v) is 9.97. The molecule has 0 N–H and O–H groups in total. The van der Waals surface area contributed by atoms with Gasteiger partial charge in [-0.2, -0.15) is 0 Å². The highest BCUT2D eigenvalue weighted by Crippen LogP contribution is 2.43. The van der Waals surface area contributed by atoms with Gasteiger partial charge in [-0.15, -0.1) is 0 Å². The Balaban J connectivity index is 2.23. The van der Waals surface area contributed by atoms with Crippen molar-refractivity contribution < 1.29 is 14.0 Å². The number of nitrogens with zero attached hydrogens (tertiary/aromatic N) is 1. The van der Waals surface area contributed by atoms with Gasteiger partial charge in [0, 0.05) is 10.0 Å². The van der Waals surface area contributed by atoms with Gasteiger partial charge in [-0.3, -0.25) is 4.48 Å². The standard InChI is InChI=1S/C22H26Cl2NO2/c1-5-25(21(2,3)4)15-22(27-14-20(25)26,16-6-10-18(23)11-7-16)17-8-12-19(24)13-9-17/h6-13H,5,14-15H2,1-4H3/q+1. The van der Waals surface area contributed by atoms with E-state index in [2.05, 4.69) is 27.7 Å². The number of hydrogen-bond acceptors (Lipinski definition) is 2. The van der Waals surface area contributed by atoms with Crippen LogP contribution in [0.4, 0.5) is 0 Å². The molecule has 3 rings (SSSR count).